The maximum atomic E-state index is 11.6. The van der Waals surface area contributed by atoms with Crippen molar-refractivity contribution in [2.45, 2.75) is 12.8 Å². The molecule has 0 saturated carbocycles. The Morgan fingerprint density at radius 1 is 1.50 bits per heavy atom. The molecule has 1 atom stereocenters. The molecule has 5 nitrogen and oxygen atoms in total. The van der Waals surface area contributed by atoms with Crippen molar-refractivity contribution in [3.8, 4) is 0 Å². The molecule has 1 unspecified atom stereocenters. The average molecular weight is 290 g/mol. The van der Waals surface area contributed by atoms with E-state index in [0.29, 0.717) is 17.4 Å². The molecule has 7 heteroatoms. The summed E-state index contributed by atoms with van der Waals surface area (Å²) < 4.78 is 4.78. The summed E-state index contributed by atoms with van der Waals surface area (Å²) in [6.45, 7) is 1.38. The smallest absolute Gasteiger partial charge is 0.310 e. The Morgan fingerprint density at radius 2 is 2.28 bits per heavy atom. The van der Waals surface area contributed by atoms with Gasteiger partial charge in [-0.2, -0.15) is 0 Å². The molecular formula is C11H13Cl2N3O2. The third-order valence-electron chi connectivity index (χ3n) is 3.00. The van der Waals surface area contributed by atoms with E-state index in [9.17, 15) is 4.79 Å². The van der Waals surface area contributed by atoms with Crippen LogP contribution in [0.1, 0.15) is 12.8 Å². The maximum absolute atomic E-state index is 11.6. The molecule has 0 bridgehead atoms. The molecule has 1 aliphatic rings. The van der Waals surface area contributed by atoms with Gasteiger partial charge in [-0.3, -0.25) is 4.79 Å². The number of rotatable bonds is 2. The monoisotopic (exact) mass is 289 g/mol. The SMILES string of the molecule is COC(=O)C1CCCN(c2cc(Cl)nnc2Cl)C1. The molecule has 0 spiro atoms. The number of methoxy groups -OCH3 is 1. The highest BCUT2D eigenvalue weighted by molar-refractivity contribution is 6.33. The van der Waals surface area contributed by atoms with E-state index in [2.05, 4.69) is 10.2 Å². The van der Waals surface area contributed by atoms with Crippen molar-refractivity contribution in [3.05, 3.63) is 16.4 Å². The van der Waals surface area contributed by atoms with Crippen LogP contribution >= 0.6 is 23.2 Å². The molecule has 0 aliphatic carbocycles. The zero-order valence-corrected chi connectivity index (χ0v) is 11.4. The number of esters is 1. The van der Waals surface area contributed by atoms with E-state index in [1.807, 2.05) is 4.90 Å². The van der Waals surface area contributed by atoms with Crippen LogP contribution in [0.3, 0.4) is 0 Å². The van der Waals surface area contributed by atoms with Gasteiger partial charge in [0.25, 0.3) is 0 Å². The van der Waals surface area contributed by atoms with Gasteiger partial charge in [-0.25, -0.2) is 0 Å². The van der Waals surface area contributed by atoms with Crippen molar-refractivity contribution < 1.29 is 9.53 Å². The Balaban J connectivity index is 2.18. The molecule has 2 rings (SSSR count). The van der Waals surface area contributed by atoms with E-state index < -0.39 is 0 Å². The van der Waals surface area contributed by atoms with E-state index >= 15 is 0 Å². The molecular weight excluding hydrogens is 277 g/mol. The van der Waals surface area contributed by atoms with Crippen molar-refractivity contribution in [1.29, 1.82) is 0 Å². The van der Waals surface area contributed by atoms with Gasteiger partial charge in [0.1, 0.15) is 0 Å². The Labute approximate surface area is 115 Å². The number of ether oxygens (including phenoxy) is 1. The van der Waals surface area contributed by atoms with E-state index in [1.54, 1.807) is 6.07 Å². The molecule has 0 aromatic carbocycles. The van der Waals surface area contributed by atoms with Crippen LogP contribution in [-0.2, 0) is 9.53 Å². The first-order valence-electron chi connectivity index (χ1n) is 5.63. The molecule has 0 N–H and O–H groups in total. The van der Waals surface area contributed by atoms with Crippen LogP contribution in [0.5, 0.6) is 0 Å². The van der Waals surface area contributed by atoms with Gasteiger partial charge in [0.15, 0.2) is 10.3 Å². The average Bonchev–Trinajstić information content (AvgIpc) is 2.40. The minimum absolute atomic E-state index is 0.133. The number of hydrogen-bond donors (Lipinski definition) is 0. The molecule has 1 aliphatic heterocycles. The zero-order valence-electron chi connectivity index (χ0n) is 9.90. The van der Waals surface area contributed by atoms with Crippen molar-refractivity contribution in [3.63, 3.8) is 0 Å². The highest BCUT2D eigenvalue weighted by Crippen LogP contribution is 2.29. The van der Waals surface area contributed by atoms with Crippen LogP contribution in [-0.4, -0.2) is 36.4 Å². The van der Waals surface area contributed by atoms with Gasteiger partial charge < -0.3 is 9.64 Å². The van der Waals surface area contributed by atoms with Crippen molar-refractivity contribution in [2.75, 3.05) is 25.1 Å². The first-order chi connectivity index (χ1) is 8.61. The number of anilines is 1. The molecule has 2 heterocycles. The molecule has 1 saturated heterocycles. The van der Waals surface area contributed by atoms with Crippen LogP contribution in [0.25, 0.3) is 0 Å². The predicted molar refractivity (Wildman–Crippen MR) is 69.0 cm³/mol. The van der Waals surface area contributed by atoms with Crippen LogP contribution in [0.15, 0.2) is 6.07 Å². The van der Waals surface area contributed by atoms with E-state index in [1.165, 1.54) is 7.11 Å². The summed E-state index contributed by atoms with van der Waals surface area (Å²) in [5.41, 5.74) is 0.713. The quantitative estimate of drug-likeness (QED) is 0.781. The van der Waals surface area contributed by atoms with Gasteiger partial charge in [-0.15, -0.1) is 10.2 Å². The van der Waals surface area contributed by atoms with Crippen LogP contribution in [0.4, 0.5) is 5.69 Å². The Bertz CT molecular complexity index is 456. The maximum Gasteiger partial charge on any atom is 0.310 e. The number of carbonyl (C=O) groups is 1. The summed E-state index contributed by atoms with van der Waals surface area (Å²) in [5, 5.41) is 8.02. The Kier molecular flexibility index (Phi) is 4.24. The topological polar surface area (TPSA) is 55.3 Å². The molecule has 1 aromatic heterocycles. The van der Waals surface area contributed by atoms with Gasteiger partial charge in [0.05, 0.1) is 18.7 Å². The molecule has 98 valence electrons. The highest BCUT2D eigenvalue weighted by Gasteiger charge is 2.27. The minimum atomic E-state index is -0.191. The van der Waals surface area contributed by atoms with Crippen LogP contribution in [0, 0.1) is 5.92 Å². The first-order valence-corrected chi connectivity index (χ1v) is 6.39. The van der Waals surface area contributed by atoms with E-state index in [0.717, 1.165) is 19.4 Å². The lowest BCUT2D eigenvalue weighted by Gasteiger charge is -2.33. The Morgan fingerprint density at radius 3 is 3.00 bits per heavy atom. The third kappa shape index (κ3) is 2.84. The van der Waals surface area contributed by atoms with Crippen molar-refractivity contribution in [2.24, 2.45) is 5.92 Å². The van der Waals surface area contributed by atoms with Gasteiger partial charge in [0, 0.05) is 19.2 Å². The fourth-order valence-corrected chi connectivity index (χ4v) is 2.47. The van der Waals surface area contributed by atoms with Crippen molar-refractivity contribution >= 4 is 34.9 Å². The van der Waals surface area contributed by atoms with Crippen LogP contribution in [0.2, 0.25) is 10.3 Å². The lowest BCUT2D eigenvalue weighted by atomic mass is 9.98. The van der Waals surface area contributed by atoms with E-state index in [-0.39, 0.29) is 17.0 Å². The first kappa shape index (κ1) is 13.4. The number of hydrogen-bond acceptors (Lipinski definition) is 5. The minimum Gasteiger partial charge on any atom is -0.469 e. The summed E-state index contributed by atoms with van der Waals surface area (Å²) in [5.74, 6) is -0.323. The molecule has 1 fully saturated rings. The zero-order chi connectivity index (χ0) is 13.1. The number of aromatic nitrogens is 2. The van der Waals surface area contributed by atoms with Gasteiger partial charge in [-0.05, 0) is 12.8 Å². The summed E-state index contributed by atoms with van der Waals surface area (Å²) in [6.07, 6.45) is 1.73. The lowest BCUT2D eigenvalue weighted by molar-refractivity contribution is -0.145. The number of nitrogens with zero attached hydrogens (tertiary/aromatic N) is 3. The largest absolute Gasteiger partial charge is 0.469 e. The summed E-state index contributed by atoms with van der Waals surface area (Å²) in [6, 6.07) is 1.66. The fraction of sp³-hybridized carbons (Fsp3) is 0.545. The van der Waals surface area contributed by atoms with Crippen molar-refractivity contribution in [1.82, 2.24) is 10.2 Å². The molecule has 0 amide bonds. The van der Waals surface area contributed by atoms with E-state index in [4.69, 9.17) is 27.9 Å². The second-order valence-corrected chi connectivity index (χ2v) is 4.90. The second-order valence-electron chi connectivity index (χ2n) is 4.15. The molecule has 1 aromatic rings. The molecule has 18 heavy (non-hydrogen) atoms. The summed E-state index contributed by atoms with van der Waals surface area (Å²) >= 11 is 11.8. The van der Waals surface area contributed by atoms with Gasteiger partial charge in [0.2, 0.25) is 0 Å². The number of halogens is 2. The fourth-order valence-electron chi connectivity index (χ4n) is 2.12. The predicted octanol–water partition coefficient (Wildman–Crippen LogP) is 2.17. The number of carbonyl (C=O) groups excluding carboxylic acids is 1. The van der Waals surface area contributed by atoms with Gasteiger partial charge in [-0.1, -0.05) is 23.2 Å². The standard InChI is InChI=1S/C11H13Cl2N3O2/c1-18-11(17)7-3-2-4-16(6-7)8-5-9(12)14-15-10(8)13/h5,7H,2-4,6H2,1H3. The van der Waals surface area contributed by atoms with Gasteiger partial charge >= 0.3 is 5.97 Å². The van der Waals surface area contributed by atoms with Crippen LogP contribution < -0.4 is 4.90 Å². The normalized spacial score (nSPS) is 19.7. The molecule has 0 radical (unpaired) electrons. The third-order valence-corrected chi connectivity index (χ3v) is 3.45. The lowest BCUT2D eigenvalue weighted by Crippen LogP contribution is -2.39. The highest BCUT2D eigenvalue weighted by atomic mass is 35.5. The summed E-state index contributed by atoms with van der Waals surface area (Å²) in [7, 11) is 1.40. The Hall–Kier alpha value is -1.07. The summed E-state index contributed by atoms with van der Waals surface area (Å²) in [4.78, 5) is 13.6. The second kappa shape index (κ2) is 5.71. The number of piperidine rings is 1.